The van der Waals surface area contributed by atoms with E-state index in [1.54, 1.807) is 7.05 Å². The Bertz CT molecular complexity index is 750. The highest BCUT2D eigenvalue weighted by Gasteiger charge is 2.19. The first-order valence-corrected chi connectivity index (χ1v) is 8.28. The minimum absolute atomic E-state index is 0.0571. The van der Waals surface area contributed by atoms with E-state index < -0.39 is 19.8 Å². The van der Waals surface area contributed by atoms with Crippen molar-refractivity contribution in [3.63, 3.8) is 0 Å². The van der Waals surface area contributed by atoms with Gasteiger partial charge in [-0.15, -0.1) is 0 Å². The molecule has 1 heterocycles. The molecular formula is C10H8BrClFN3O3S. The Labute approximate surface area is 127 Å². The van der Waals surface area contributed by atoms with Crippen LogP contribution >= 0.6 is 26.6 Å². The van der Waals surface area contributed by atoms with Crippen LogP contribution in [0, 0.1) is 5.82 Å². The maximum atomic E-state index is 13.7. The second-order valence-electron chi connectivity index (χ2n) is 3.74. The van der Waals surface area contributed by atoms with Crippen LogP contribution in [0.15, 0.2) is 27.8 Å². The number of rotatable bonds is 4. The molecule has 0 radical (unpaired) electrons. The number of hydrogen-bond acceptors (Lipinski definition) is 5. The highest BCUT2D eigenvalue weighted by Crippen LogP contribution is 2.32. The zero-order valence-electron chi connectivity index (χ0n) is 10.0. The molecule has 0 unspecified atom stereocenters. The smallest absolute Gasteiger partial charge is 0.264 e. The average molecular weight is 385 g/mol. The van der Waals surface area contributed by atoms with Gasteiger partial charge in [0.05, 0.1) is 4.47 Å². The van der Waals surface area contributed by atoms with Crippen molar-refractivity contribution in [1.29, 1.82) is 0 Å². The lowest BCUT2D eigenvalue weighted by Crippen LogP contribution is -2.05. The first kappa shape index (κ1) is 15.2. The van der Waals surface area contributed by atoms with E-state index in [0.717, 1.165) is 12.1 Å². The van der Waals surface area contributed by atoms with Crippen molar-refractivity contribution in [2.75, 3.05) is 0 Å². The van der Waals surface area contributed by atoms with Crippen molar-refractivity contribution in [2.24, 2.45) is 7.05 Å². The molecule has 0 saturated carbocycles. The van der Waals surface area contributed by atoms with Crippen LogP contribution in [0.2, 0.25) is 0 Å². The van der Waals surface area contributed by atoms with E-state index in [-0.39, 0.29) is 16.8 Å². The number of aromatic nitrogens is 3. The summed E-state index contributed by atoms with van der Waals surface area (Å²) in [6, 6.07) is 1.99. The Morgan fingerprint density at radius 1 is 1.50 bits per heavy atom. The predicted octanol–water partition coefficient (Wildman–Crippen LogP) is 2.22. The number of halogens is 3. The highest BCUT2D eigenvalue weighted by molar-refractivity contribution is 9.10. The van der Waals surface area contributed by atoms with Crippen LogP contribution in [-0.2, 0) is 22.7 Å². The molecule has 108 valence electrons. The standard InChI is InChI=1S/C10H8BrClFN3O3S/c1-16-10(14-5-15-16)4-19-8-3-7(13)9(2-6(8)11)20(12,17)18/h2-3,5H,4H2,1H3. The molecule has 0 bridgehead atoms. The van der Waals surface area contributed by atoms with Crippen molar-refractivity contribution in [3.05, 3.63) is 34.6 Å². The minimum atomic E-state index is -4.15. The summed E-state index contributed by atoms with van der Waals surface area (Å²) in [7, 11) is 2.65. The number of benzene rings is 1. The van der Waals surface area contributed by atoms with E-state index in [1.165, 1.54) is 11.0 Å². The molecule has 0 spiro atoms. The molecule has 0 aliphatic carbocycles. The molecule has 0 aliphatic heterocycles. The molecule has 2 rings (SSSR count). The van der Waals surface area contributed by atoms with Gasteiger partial charge in [-0.1, -0.05) is 0 Å². The fourth-order valence-electron chi connectivity index (χ4n) is 1.40. The van der Waals surface area contributed by atoms with Gasteiger partial charge in [0, 0.05) is 23.8 Å². The molecule has 0 aliphatic rings. The van der Waals surface area contributed by atoms with E-state index in [4.69, 9.17) is 15.4 Å². The zero-order chi connectivity index (χ0) is 14.9. The summed E-state index contributed by atoms with van der Waals surface area (Å²) >= 11 is 3.10. The van der Waals surface area contributed by atoms with Gasteiger partial charge >= 0.3 is 0 Å². The van der Waals surface area contributed by atoms with Crippen molar-refractivity contribution < 1.29 is 17.5 Å². The number of nitrogens with zero attached hydrogens (tertiary/aromatic N) is 3. The molecule has 0 N–H and O–H groups in total. The Balaban J connectivity index is 2.26. The third-order valence-corrected chi connectivity index (χ3v) is 4.37. The predicted molar refractivity (Wildman–Crippen MR) is 72.5 cm³/mol. The fourth-order valence-corrected chi connectivity index (χ4v) is 2.92. The number of hydrogen-bond donors (Lipinski definition) is 0. The fraction of sp³-hybridized carbons (Fsp3) is 0.200. The lowest BCUT2D eigenvalue weighted by atomic mass is 10.3. The molecule has 6 nitrogen and oxygen atoms in total. The maximum absolute atomic E-state index is 13.7. The van der Waals surface area contributed by atoms with Gasteiger partial charge in [0.25, 0.3) is 9.05 Å². The summed E-state index contributed by atoms with van der Waals surface area (Å²) in [5.41, 5.74) is 0. The third kappa shape index (κ3) is 3.28. The summed E-state index contributed by atoms with van der Waals surface area (Å²) in [6.45, 7) is 0.0571. The summed E-state index contributed by atoms with van der Waals surface area (Å²) in [5.74, 6) is -0.322. The van der Waals surface area contributed by atoms with Crippen molar-refractivity contribution in [3.8, 4) is 5.75 Å². The van der Waals surface area contributed by atoms with E-state index in [9.17, 15) is 12.8 Å². The van der Waals surface area contributed by atoms with Crippen LogP contribution in [0.3, 0.4) is 0 Å². The molecule has 0 saturated heterocycles. The molecule has 10 heteroatoms. The molecule has 20 heavy (non-hydrogen) atoms. The Kier molecular flexibility index (Phi) is 4.31. The van der Waals surface area contributed by atoms with Crippen molar-refractivity contribution >= 4 is 35.7 Å². The highest BCUT2D eigenvalue weighted by atomic mass is 79.9. The summed E-state index contributed by atoms with van der Waals surface area (Å²) < 4.78 is 43.1. The van der Waals surface area contributed by atoms with Crippen LogP contribution in [0.4, 0.5) is 4.39 Å². The van der Waals surface area contributed by atoms with Gasteiger partial charge < -0.3 is 4.74 Å². The molecule has 0 atom stereocenters. The van der Waals surface area contributed by atoms with Gasteiger partial charge in [-0.05, 0) is 22.0 Å². The van der Waals surface area contributed by atoms with E-state index in [2.05, 4.69) is 26.0 Å². The lowest BCUT2D eigenvalue weighted by molar-refractivity contribution is 0.286. The molecule has 1 aromatic heterocycles. The average Bonchev–Trinajstić information content (AvgIpc) is 2.74. The maximum Gasteiger partial charge on any atom is 0.264 e. The molecule has 0 fully saturated rings. The number of aryl methyl sites for hydroxylation is 1. The molecular weight excluding hydrogens is 377 g/mol. The minimum Gasteiger partial charge on any atom is -0.484 e. The number of ether oxygens (including phenoxy) is 1. The van der Waals surface area contributed by atoms with Gasteiger partial charge in [-0.2, -0.15) is 5.10 Å². The van der Waals surface area contributed by atoms with Crippen LogP contribution < -0.4 is 4.74 Å². The van der Waals surface area contributed by atoms with Crippen LogP contribution in [-0.4, -0.2) is 23.2 Å². The first-order valence-electron chi connectivity index (χ1n) is 5.18. The second-order valence-corrected chi connectivity index (χ2v) is 7.13. The van der Waals surface area contributed by atoms with E-state index in [0.29, 0.717) is 5.82 Å². The monoisotopic (exact) mass is 383 g/mol. The molecule has 1 aromatic carbocycles. The summed E-state index contributed by atoms with van der Waals surface area (Å²) in [4.78, 5) is 3.33. The Morgan fingerprint density at radius 3 is 2.75 bits per heavy atom. The Morgan fingerprint density at radius 2 is 2.20 bits per heavy atom. The van der Waals surface area contributed by atoms with Crippen LogP contribution in [0.25, 0.3) is 0 Å². The van der Waals surface area contributed by atoms with Crippen molar-refractivity contribution in [1.82, 2.24) is 14.8 Å². The third-order valence-electron chi connectivity index (χ3n) is 2.41. The summed E-state index contributed by atoms with van der Waals surface area (Å²) in [5, 5.41) is 3.86. The normalized spacial score (nSPS) is 11.6. The lowest BCUT2D eigenvalue weighted by Gasteiger charge is -2.09. The van der Waals surface area contributed by atoms with Crippen molar-refractivity contribution in [2.45, 2.75) is 11.5 Å². The van der Waals surface area contributed by atoms with Gasteiger partial charge in [0.1, 0.15) is 29.4 Å². The van der Waals surface area contributed by atoms with Gasteiger partial charge in [-0.3, -0.25) is 4.68 Å². The van der Waals surface area contributed by atoms with E-state index in [1.807, 2.05) is 0 Å². The SMILES string of the molecule is Cn1ncnc1COc1cc(F)c(S(=O)(=O)Cl)cc1Br. The van der Waals surface area contributed by atoms with Gasteiger partial charge in [0.2, 0.25) is 0 Å². The zero-order valence-corrected chi connectivity index (χ0v) is 13.2. The second kappa shape index (κ2) is 5.66. The van der Waals surface area contributed by atoms with E-state index >= 15 is 0 Å². The van der Waals surface area contributed by atoms with Gasteiger partial charge in [0.15, 0.2) is 5.82 Å². The van der Waals surface area contributed by atoms with Crippen LogP contribution in [0.5, 0.6) is 5.75 Å². The van der Waals surface area contributed by atoms with Gasteiger partial charge in [-0.25, -0.2) is 17.8 Å². The largest absolute Gasteiger partial charge is 0.484 e. The topological polar surface area (TPSA) is 74.1 Å². The summed E-state index contributed by atoms with van der Waals surface area (Å²) in [6.07, 6.45) is 1.36. The molecule has 2 aromatic rings. The quantitative estimate of drug-likeness (QED) is 0.756. The molecule has 0 amide bonds. The Hall–Kier alpha value is -1.19. The van der Waals surface area contributed by atoms with Crippen LogP contribution in [0.1, 0.15) is 5.82 Å². The first-order chi connectivity index (χ1) is 9.29.